The van der Waals surface area contributed by atoms with Crippen LogP contribution < -0.4 is 0 Å². The number of hydrogen-bond donors (Lipinski definition) is 0. The second-order valence-electron chi connectivity index (χ2n) is 7.59. The lowest BCUT2D eigenvalue weighted by atomic mass is 9.73. The monoisotopic (exact) mass is 350 g/mol. The predicted octanol–water partition coefficient (Wildman–Crippen LogP) is 2.18. The summed E-state index contributed by atoms with van der Waals surface area (Å²) in [6, 6.07) is 1.77. The van der Waals surface area contributed by atoms with Gasteiger partial charge >= 0.3 is 0 Å². The Balaban J connectivity index is 1.68. The van der Waals surface area contributed by atoms with Gasteiger partial charge < -0.3 is 23.7 Å². The van der Waals surface area contributed by atoms with Crippen LogP contribution in [0.5, 0.6) is 0 Å². The molecule has 2 fully saturated rings. The molecular formula is C19H30N2O4. The Morgan fingerprint density at radius 3 is 3.04 bits per heavy atom. The van der Waals surface area contributed by atoms with Gasteiger partial charge in [0.1, 0.15) is 5.76 Å². The first-order chi connectivity index (χ1) is 12.0. The summed E-state index contributed by atoms with van der Waals surface area (Å²) in [5.41, 5.74) is 0.578. The number of carbonyl (C=O) groups excluding carboxylic acids is 1. The molecule has 0 N–H and O–H groups in total. The summed E-state index contributed by atoms with van der Waals surface area (Å²) in [6.07, 6.45) is 4.72. The van der Waals surface area contributed by atoms with E-state index in [2.05, 4.69) is 4.90 Å². The third-order valence-electron chi connectivity index (χ3n) is 5.44. The molecule has 6 nitrogen and oxygen atoms in total. The van der Waals surface area contributed by atoms with Crippen LogP contribution >= 0.6 is 0 Å². The van der Waals surface area contributed by atoms with E-state index < -0.39 is 0 Å². The van der Waals surface area contributed by atoms with Crippen LogP contribution in [0.15, 0.2) is 16.7 Å². The molecule has 2 aliphatic heterocycles. The van der Waals surface area contributed by atoms with Gasteiger partial charge in [-0.25, -0.2) is 0 Å². The highest BCUT2D eigenvalue weighted by atomic mass is 16.5. The van der Waals surface area contributed by atoms with Crippen LogP contribution in [0.1, 0.15) is 35.4 Å². The van der Waals surface area contributed by atoms with E-state index in [1.807, 2.05) is 25.9 Å². The van der Waals surface area contributed by atoms with Gasteiger partial charge in [-0.2, -0.15) is 0 Å². The van der Waals surface area contributed by atoms with Crippen LogP contribution in [0.25, 0.3) is 0 Å². The fourth-order valence-corrected chi connectivity index (χ4v) is 3.97. The lowest BCUT2D eigenvalue weighted by molar-refractivity contribution is -0.147. The zero-order valence-corrected chi connectivity index (χ0v) is 15.6. The third kappa shape index (κ3) is 4.07. The molecule has 2 saturated heterocycles. The molecule has 2 atom stereocenters. The van der Waals surface area contributed by atoms with E-state index in [1.165, 1.54) is 0 Å². The van der Waals surface area contributed by atoms with Gasteiger partial charge in [-0.1, -0.05) is 0 Å². The van der Waals surface area contributed by atoms with E-state index in [0.717, 1.165) is 39.0 Å². The highest BCUT2D eigenvalue weighted by molar-refractivity contribution is 5.95. The quantitative estimate of drug-likeness (QED) is 0.736. The largest absolute Gasteiger partial charge is 0.469 e. The Morgan fingerprint density at radius 2 is 2.32 bits per heavy atom. The molecule has 25 heavy (non-hydrogen) atoms. The molecule has 0 aromatic carbocycles. The Labute approximate surface area is 150 Å². The summed E-state index contributed by atoms with van der Waals surface area (Å²) in [5.74, 6) is 0.742. The molecule has 140 valence electrons. The van der Waals surface area contributed by atoms with Gasteiger partial charge in [-0.3, -0.25) is 4.79 Å². The van der Waals surface area contributed by atoms with Crippen molar-refractivity contribution in [1.29, 1.82) is 0 Å². The standard InChI is InChI=1S/C19H30N2O4/c1-15-16(6-11-24-15)18(22)21-8-5-17-19(13-21,7-4-10-25-17)14-23-12-9-20(2)3/h6,11,17H,4-5,7-10,12-14H2,1-3H3/t17-,19+/m0/s1. The van der Waals surface area contributed by atoms with E-state index in [-0.39, 0.29) is 17.4 Å². The molecule has 0 spiro atoms. The van der Waals surface area contributed by atoms with Crippen molar-refractivity contribution < 1.29 is 18.7 Å². The molecular weight excluding hydrogens is 320 g/mol. The van der Waals surface area contributed by atoms with E-state index in [9.17, 15) is 4.79 Å². The number of ether oxygens (including phenoxy) is 2. The van der Waals surface area contributed by atoms with Crippen molar-refractivity contribution in [3.63, 3.8) is 0 Å². The number of likely N-dealkylation sites (N-methyl/N-ethyl adjacent to an activating group) is 1. The van der Waals surface area contributed by atoms with E-state index >= 15 is 0 Å². The number of carbonyl (C=O) groups is 1. The van der Waals surface area contributed by atoms with E-state index in [0.29, 0.717) is 31.1 Å². The zero-order valence-electron chi connectivity index (χ0n) is 15.6. The van der Waals surface area contributed by atoms with Crippen molar-refractivity contribution in [2.75, 3.05) is 53.6 Å². The lowest BCUT2D eigenvalue weighted by Crippen LogP contribution is -2.58. The van der Waals surface area contributed by atoms with Gasteiger partial charge in [0.2, 0.25) is 0 Å². The summed E-state index contributed by atoms with van der Waals surface area (Å²) >= 11 is 0. The van der Waals surface area contributed by atoms with Gasteiger partial charge in [-0.05, 0) is 46.3 Å². The van der Waals surface area contributed by atoms with Gasteiger partial charge in [0.15, 0.2) is 0 Å². The van der Waals surface area contributed by atoms with Crippen molar-refractivity contribution in [3.8, 4) is 0 Å². The van der Waals surface area contributed by atoms with Crippen LogP contribution in [0.2, 0.25) is 0 Å². The molecule has 0 aliphatic carbocycles. The van der Waals surface area contributed by atoms with Crippen LogP contribution in [0.3, 0.4) is 0 Å². The van der Waals surface area contributed by atoms with Gasteiger partial charge in [0.25, 0.3) is 5.91 Å². The zero-order chi connectivity index (χ0) is 17.9. The van der Waals surface area contributed by atoms with Crippen LogP contribution in [-0.2, 0) is 9.47 Å². The average Bonchev–Trinajstić information content (AvgIpc) is 3.03. The van der Waals surface area contributed by atoms with E-state index in [1.54, 1.807) is 12.3 Å². The molecule has 1 aromatic heterocycles. The number of hydrogen-bond acceptors (Lipinski definition) is 5. The van der Waals surface area contributed by atoms with Crippen LogP contribution in [-0.4, -0.2) is 75.4 Å². The second kappa shape index (κ2) is 7.89. The molecule has 3 heterocycles. The molecule has 0 bridgehead atoms. The lowest BCUT2D eigenvalue weighted by Gasteiger charge is -2.50. The Kier molecular flexibility index (Phi) is 5.81. The van der Waals surface area contributed by atoms with Crippen molar-refractivity contribution in [1.82, 2.24) is 9.80 Å². The van der Waals surface area contributed by atoms with Crippen molar-refractivity contribution in [2.45, 2.75) is 32.3 Å². The molecule has 0 radical (unpaired) electrons. The fraction of sp³-hybridized carbons (Fsp3) is 0.737. The van der Waals surface area contributed by atoms with Gasteiger partial charge in [0, 0.05) is 31.7 Å². The Hall–Kier alpha value is -1.37. The summed E-state index contributed by atoms with van der Waals surface area (Å²) < 4.78 is 17.4. The molecule has 0 saturated carbocycles. The van der Waals surface area contributed by atoms with Crippen molar-refractivity contribution in [3.05, 3.63) is 23.7 Å². The predicted molar refractivity (Wildman–Crippen MR) is 94.7 cm³/mol. The normalized spacial score (nSPS) is 26.7. The number of nitrogens with zero attached hydrogens (tertiary/aromatic N) is 2. The highest BCUT2D eigenvalue weighted by Crippen LogP contribution is 2.41. The Morgan fingerprint density at radius 1 is 1.48 bits per heavy atom. The summed E-state index contributed by atoms with van der Waals surface area (Å²) in [4.78, 5) is 17.0. The molecule has 6 heteroatoms. The first-order valence-electron chi connectivity index (χ1n) is 9.19. The maximum atomic E-state index is 12.9. The number of aryl methyl sites for hydroxylation is 1. The van der Waals surface area contributed by atoms with Crippen LogP contribution in [0, 0.1) is 12.3 Å². The minimum Gasteiger partial charge on any atom is -0.469 e. The maximum absolute atomic E-state index is 12.9. The van der Waals surface area contributed by atoms with Crippen molar-refractivity contribution >= 4 is 5.91 Å². The molecule has 0 unspecified atom stereocenters. The Bertz CT molecular complexity index is 586. The fourth-order valence-electron chi connectivity index (χ4n) is 3.97. The highest BCUT2D eigenvalue weighted by Gasteiger charge is 2.47. The summed E-state index contributed by atoms with van der Waals surface area (Å²) in [5, 5.41) is 0. The maximum Gasteiger partial charge on any atom is 0.257 e. The first kappa shape index (κ1) is 18.4. The number of piperidine rings is 1. The number of amides is 1. The average molecular weight is 350 g/mol. The van der Waals surface area contributed by atoms with Crippen LogP contribution in [0.4, 0.5) is 0 Å². The molecule has 1 amide bonds. The topological polar surface area (TPSA) is 55.2 Å². The van der Waals surface area contributed by atoms with E-state index in [4.69, 9.17) is 13.9 Å². The molecule has 3 rings (SSSR count). The second-order valence-corrected chi connectivity index (χ2v) is 7.59. The summed E-state index contributed by atoms with van der Waals surface area (Å²) in [6.45, 7) is 6.34. The minimum atomic E-state index is -0.0872. The van der Waals surface area contributed by atoms with Gasteiger partial charge in [-0.15, -0.1) is 0 Å². The number of fused-ring (bicyclic) bond motifs is 1. The minimum absolute atomic E-state index is 0.0583. The first-order valence-corrected chi connectivity index (χ1v) is 9.19. The molecule has 2 aliphatic rings. The SMILES string of the molecule is Cc1occc1C(=O)N1CC[C@@H]2OCCC[C@]2(COCCN(C)C)C1. The number of rotatable bonds is 6. The number of furan rings is 1. The smallest absolute Gasteiger partial charge is 0.257 e. The molecule has 1 aromatic rings. The summed E-state index contributed by atoms with van der Waals surface area (Å²) in [7, 11) is 4.09. The number of likely N-dealkylation sites (tertiary alicyclic amines) is 1. The van der Waals surface area contributed by atoms with Gasteiger partial charge in [0.05, 0.1) is 31.1 Å². The third-order valence-corrected chi connectivity index (χ3v) is 5.44. The van der Waals surface area contributed by atoms with Crippen molar-refractivity contribution in [2.24, 2.45) is 5.41 Å².